The summed E-state index contributed by atoms with van der Waals surface area (Å²) in [5.41, 5.74) is 2.56. The third-order valence-electron chi connectivity index (χ3n) is 5.11. The van der Waals surface area contributed by atoms with Crippen LogP contribution in [0.1, 0.15) is 70.6 Å². The molecular formula is C18H29N3O. The molecule has 4 heteroatoms. The molecule has 0 atom stereocenters. The van der Waals surface area contributed by atoms with Crippen LogP contribution < -0.4 is 0 Å². The maximum atomic E-state index is 12.6. The first kappa shape index (κ1) is 15.6. The zero-order valence-corrected chi connectivity index (χ0v) is 14.3. The molecule has 22 heavy (non-hydrogen) atoms. The average molecular weight is 303 g/mol. The number of hydrogen-bond acceptors (Lipinski definition) is 2. The van der Waals surface area contributed by atoms with Crippen LogP contribution in [0.15, 0.2) is 6.20 Å². The van der Waals surface area contributed by atoms with Crippen LogP contribution in [0.2, 0.25) is 0 Å². The zero-order chi connectivity index (χ0) is 15.7. The van der Waals surface area contributed by atoms with Crippen LogP contribution in [0.4, 0.5) is 0 Å². The zero-order valence-electron chi connectivity index (χ0n) is 14.3. The van der Waals surface area contributed by atoms with Crippen molar-refractivity contribution in [3.8, 4) is 0 Å². The molecule has 1 aliphatic heterocycles. The number of aromatic nitrogens is 2. The highest BCUT2D eigenvalue weighted by Crippen LogP contribution is 2.29. The van der Waals surface area contributed by atoms with E-state index in [4.69, 9.17) is 0 Å². The second kappa shape index (κ2) is 6.05. The summed E-state index contributed by atoms with van der Waals surface area (Å²) >= 11 is 0. The molecule has 122 valence electrons. The molecular weight excluding hydrogens is 274 g/mol. The van der Waals surface area contributed by atoms with Crippen molar-refractivity contribution in [2.75, 3.05) is 6.54 Å². The molecule has 0 saturated heterocycles. The standard InChI is InChI=1S/C18H29N3O/c1-18(2,3)21-16-9-10-20(13-15(16)12-19-21)17(22)11-14-7-5-4-6-8-14/h12,14H,4-11,13H2,1-3H3. The first-order chi connectivity index (χ1) is 10.4. The van der Waals surface area contributed by atoms with Gasteiger partial charge in [0, 0.05) is 37.2 Å². The van der Waals surface area contributed by atoms with Gasteiger partial charge in [0.1, 0.15) is 0 Å². The Labute approximate surface area is 133 Å². The lowest BCUT2D eigenvalue weighted by atomic mass is 9.86. The van der Waals surface area contributed by atoms with Crippen molar-refractivity contribution in [2.45, 2.75) is 77.8 Å². The van der Waals surface area contributed by atoms with E-state index >= 15 is 0 Å². The Hall–Kier alpha value is -1.32. The topological polar surface area (TPSA) is 38.1 Å². The normalized spacial score (nSPS) is 20.0. The van der Waals surface area contributed by atoms with E-state index in [9.17, 15) is 4.79 Å². The van der Waals surface area contributed by atoms with E-state index in [-0.39, 0.29) is 5.54 Å². The lowest BCUT2D eigenvalue weighted by Gasteiger charge is -2.31. The minimum absolute atomic E-state index is 0.0157. The molecule has 4 nitrogen and oxygen atoms in total. The van der Waals surface area contributed by atoms with Crippen molar-refractivity contribution in [3.63, 3.8) is 0 Å². The number of fused-ring (bicyclic) bond motifs is 1. The molecule has 0 aromatic carbocycles. The SMILES string of the molecule is CC(C)(C)n1ncc2c1CCN(C(=O)CC1CCCCC1)C2. The molecule has 1 saturated carbocycles. The Balaban J connectivity index is 1.64. The lowest BCUT2D eigenvalue weighted by molar-refractivity contribution is -0.133. The third-order valence-corrected chi connectivity index (χ3v) is 5.11. The highest BCUT2D eigenvalue weighted by molar-refractivity contribution is 5.76. The fourth-order valence-electron chi connectivity index (χ4n) is 3.89. The van der Waals surface area contributed by atoms with Crippen molar-refractivity contribution in [1.29, 1.82) is 0 Å². The van der Waals surface area contributed by atoms with E-state index in [1.165, 1.54) is 43.4 Å². The first-order valence-corrected chi connectivity index (χ1v) is 8.79. The summed E-state index contributed by atoms with van der Waals surface area (Å²) in [6, 6.07) is 0. The Morgan fingerprint density at radius 2 is 2.00 bits per heavy atom. The van der Waals surface area contributed by atoms with Gasteiger partial charge in [-0.15, -0.1) is 0 Å². The van der Waals surface area contributed by atoms with E-state index in [0.29, 0.717) is 11.8 Å². The Morgan fingerprint density at radius 3 is 2.68 bits per heavy atom. The van der Waals surface area contributed by atoms with Crippen LogP contribution in [0.25, 0.3) is 0 Å². The Bertz CT molecular complexity index is 535. The second-order valence-corrected chi connectivity index (χ2v) is 7.97. The van der Waals surface area contributed by atoms with Gasteiger partial charge in [-0.2, -0.15) is 5.10 Å². The largest absolute Gasteiger partial charge is 0.338 e. The summed E-state index contributed by atoms with van der Waals surface area (Å²) in [5, 5.41) is 4.56. The molecule has 1 aliphatic carbocycles. The smallest absolute Gasteiger partial charge is 0.223 e. The third kappa shape index (κ3) is 3.21. The fourth-order valence-corrected chi connectivity index (χ4v) is 3.89. The summed E-state index contributed by atoms with van der Waals surface area (Å²) in [6.45, 7) is 8.14. The molecule has 1 aromatic heterocycles. The molecule has 0 spiro atoms. The molecule has 1 amide bonds. The minimum atomic E-state index is 0.0157. The van der Waals surface area contributed by atoms with Gasteiger partial charge >= 0.3 is 0 Å². The van der Waals surface area contributed by atoms with Crippen molar-refractivity contribution >= 4 is 5.91 Å². The highest BCUT2D eigenvalue weighted by atomic mass is 16.2. The maximum absolute atomic E-state index is 12.6. The fraction of sp³-hybridized carbons (Fsp3) is 0.778. The van der Waals surface area contributed by atoms with Crippen LogP contribution in [0.5, 0.6) is 0 Å². The van der Waals surface area contributed by atoms with Crippen LogP contribution in [0.3, 0.4) is 0 Å². The highest BCUT2D eigenvalue weighted by Gasteiger charge is 2.28. The summed E-state index contributed by atoms with van der Waals surface area (Å²) in [5.74, 6) is 0.973. The van der Waals surface area contributed by atoms with Gasteiger partial charge in [0.05, 0.1) is 11.7 Å². The van der Waals surface area contributed by atoms with Gasteiger partial charge in [-0.05, 0) is 39.5 Å². The molecule has 0 bridgehead atoms. The Morgan fingerprint density at radius 1 is 1.27 bits per heavy atom. The van der Waals surface area contributed by atoms with Gasteiger partial charge in [-0.3, -0.25) is 9.48 Å². The van der Waals surface area contributed by atoms with E-state index in [1.54, 1.807) is 0 Å². The van der Waals surface area contributed by atoms with Crippen LogP contribution in [-0.2, 0) is 23.3 Å². The van der Waals surface area contributed by atoms with E-state index in [1.807, 2.05) is 11.1 Å². The molecule has 2 aliphatic rings. The maximum Gasteiger partial charge on any atom is 0.223 e. The van der Waals surface area contributed by atoms with Crippen LogP contribution >= 0.6 is 0 Å². The van der Waals surface area contributed by atoms with Crippen molar-refractivity contribution in [3.05, 3.63) is 17.5 Å². The predicted molar refractivity (Wildman–Crippen MR) is 87.5 cm³/mol. The van der Waals surface area contributed by atoms with Gasteiger partial charge in [0.15, 0.2) is 0 Å². The van der Waals surface area contributed by atoms with E-state index in [0.717, 1.165) is 25.9 Å². The van der Waals surface area contributed by atoms with Gasteiger partial charge in [0.2, 0.25) is 5.91 Å². The molecule has 3 rings (SSSR count). The molecule has 0 N–H and O–H groups in total. The first-order valence-electron chi connectivity index (χ1n) is 8.79. The minimum Gasteiger partial charge on any atom is -0.338 e. The molecule has 0 unspecified atom stereocenters. The van der Waals surface area contributed by atoms with Gasteiger partial charge in [-0.1, -0.05) is 19.3 Å². The second-order valence-electron chi connectivity index (χ2n) is 7.97. The van der Waals surface area contributed by atoms with Gasteiger partial charge in [0.25, 0.3) is 0 Å². The quantitative estimate of drug-likeness (QED) is 0.839. The number of rotatable bonds is 2. The lowest BCUT2D eigenvalue weighted by Crippen LogP contribution is -2.38. The van der Waals surface area contributed by atoms with Crippen LogP contribution in [-0.4, -0.2) is 27.1 Å². The number of carbonyl (C=O) groups is 1. The average Bonchev–Trinajstić information content (AvgIpc) is 2.91. The molecule has 1 aromatic rings. The summed E-state index contributed by atoms with van der Waals surface area (Å²) in [4.78, 5) is 14.6. The van der Waals surface area contributed by atoms with Gasteiger partial charge in [-0.25, -0.2) is 0 Å². The predicted octanol–water partition coefficient (Wildman–Crippen LogP) is 3.49. The van der Waals surface area contributed by atoms with E-state index < -0.39 is 0 Å². The Kier molecular flexibility index (Phi) is 4.28. The number of hydrogen-bond donors (Lipinski definition) is 0. The summed E-state index contributed by atoms with van der Waals surface area (Å²) < 4.78 is 2.13. The van der Waals surface area contributed by atoms with Crippen LogP contribution in [0, 0.1) is 5.92 Å². The molecule has 2 heterocycles. The van der Waals surface area contributed by atoms with Gasteiger partial charge < -0.3 is 4.90 Å². The molecule has 1 fully saturated rings. The molecule has 0 radical (unpaired) electrons. The number of amides is 1. The van der Waals surface area contributed by atoms with E-state index in [2.05, 4.69) is 30.6 Å². The van der Waals surface area contributed by atoms with Crippen molar-refractivity contribution in [1.82, 2.24) is 14.7 Å². The van der Waals surface area contributed by atoms with Crippen molar-refractivity contribution < 1.29 is 4.79 Å². The van der Waals surface area contributed by atoms with Crippen molar-refractivity contribution in [2.24, 2.45) is 5.92 Å². The number of carbonyl (C=O) groups excluding carboxylic acids is 1. The number of nitrogens with zero attached hydrogens (tertiary/aromatic N) is 3. The summed E-state index contributed by atoms with van der Waals surface area (Å²) in [7, 11) is 0. The monoisotopic (exact) mass is 303 g/mol. The summed E-state index contributed by atoms with van der Waals surface area (Å²) in [6.07, 6.45) is 10.1.